The fourth-order valence-corrected chi connectivity index (χ4v) is 2.48. The Morgan fingerprint density at radius 1 is 1.27 bits per heavy atom. The first-order valence-electron chi connectivity index (χ1n) is 5.96. The molecule has 1 heterocycles. The molecular weight excluding hydrogens is 192 g/mol. The van der Waals surface area contributed by atoms with Crippen LogP contribution in [-0.2, 0) is 4.79 Å². The van der Waals surface area contributed by atoms with Crippen LogP contribution in [0.1, 0.15) is 38.5 Å². The van der Waals surface area contributed by atoms with E-state index in [0.29, 0.717) is 19.0 Å². The van der Waals surface area contributed by atoms with Crippen molar-refractivity contribution in [1.29, 1.82) is 0 Å². The van der Waals surface area contributed by atoms with Crippen molar-refractivity contribution in [3.05, 3.63) is 0 Å². The molecule has 0 spiro atoms. The van der Waals surface area contributed by atoms with Gasteiger partial charge in [0.25, 0.3) is 0 Å². The average molecular weight is 212 g/mol. The zero-order valence-corrected chi connectivity index (χ0v) is 9.04. The smallest absolute Gasteiger partial charge is 0.220 e. The average Bonchev–Trinajstić information content (AvgIpc) is 2.25. The molecule has 4 heteroatoms. The van der Waals surface area contributed by atoms with Gasteiger partial charge in [0, 0.05) is 25.0 Å². The second-order valence-electron chi connectivity index (χ2n) is 4.66. The van der Waals surface area contributed by atoms with E-state index < -0.39 is 0 Å². The summed E-state index contributed by atoms with van der Waals surface area (Å²) in [4.78, 5) is 11.0. The Labute approximate surface area is 90.4 Å². The van der Waals surface area contributed by atoms with Crippen LogP contribution >= 0.6 is 0 Å². The number of nitrogens with one attached hydrogen (secondary N) is 2. The van der Waals surface area contributed by atoms with Crippen molar-refractivity contribution < 1.29 is 9.90 Å². The van der Waals surface area contributed by atoms with E-state index in [1.165, 1.54) is 6.42 Å². The van der Waals surface area contributed by atoms with Gasteiger partial charge in [-0.1, -0.05) is 12.8 Å². The van der Waals surface area contributed by atoms with Crippen LogP contribution < -0.4 is 10.6 Å². The lowest BCUT2D eigenvalue weighted by molar-refractivity contribution is -0.122. The SMILES string of the molecule is O=C1CCC(N[C@@H]2CCCC[C@H]2O)CN1. The van der Waals surface area contributed by atoms with Crippen LogP contribution in [0.5, 0.6) is 0 Å². The second-order valence-corrected chi connectivity index (χ2v) is 4.66. The minimum atomic E-state index is -0.198. The molecule has 3 atom stereocenters. The number of aliphatic hydroxyl groups is 1. The molecule has 2 fully saturated rings. The van der Waals surface area contributed by atoms with Crippen molar-refractivity contribution >= 4 is 5.91 Å². The third kappa shape index (κ3) is 2.92. The molecule has 4 nitrogen and oxygen atoms in total. The summed E-state index contributed by atoms with van der Waals surface area (Å²) in [5, 5.41) is 16.1. The Hall–Kier alpha value is -0.610. The number of rotatable bonds is 2. The molecular formula is C11H20N2O2. The van der Waals surface area contributed by atoms with Crippen molar-refractivity contribution in [2.45, 2.75) is 56.7 Å². The highest BCUT2D eigenvalue weighted by Crippen LogP contribution is 2.19. The van der Waals surface area contributed by atoms with Gasteiger partial charge in [-0.25, -0.2) is 0 Å². The second kappa shape index (κ2) is 4.94. The standard InChI is InChI=1S/C11H20N2O2/c14-10-4-2-1-3-9(10)13-8-5-6-11(15)12-7-8/h8-10,13-14H,1-7H2,(H,12,15)/t8?,9-,10-/m1/s1. The van der Waals surface area contributed by atoms with Crippen molar-refractivity contribution in [2.24, 2.45) is 0 Å². The molecule has 15 heavy (non-hydrogen) atoms. The quantitative estimate of drug-likeness (QED) is 0.611. The van der Waals surface area contributed by atoms with E-state index in [2.05, 4.69) is 10.6 Å². The van der Waals surface area contributed by atoms with Gasteiger partial charge in [0.15, 0.2) is 0 Å². The molecule has 1 amide bonds. The maximum atomic E-state index is 11.0. The monoisotopic (exact) mass is 212 g/mol. The molecule has 3 N–H and O–H groups in total. The Morgan fingerprint density at radius 3 is 2.73 bits per heavy atom. The van der Waals surface area contributed by atoms with Crippen LogP contribution in [-0.4, -0.2) is 35.7 Å². The fourth-order valence-electron chi connectivity index (χ4n) is 2.48. The normalized spacial score (nSPS) is 37.4. The van der Waals surface area contributed by atoms with Gasteiger partial charge in [0.05, 0.1) is 6.10 Å². The Balaban J connectivity index is 1.78. The summed E-state index contributed by atoms with van der Waals surface area (Å²) in [6, 6.07) is 0.583. The van der Waals surface area contributed by atoms with Crippen LogP contribution in [0.15, 0.2) is 0 Å². The molecule has 1 aliphatic heterocycles. The Kier molecular flexibility index (Phi) is 3.59. The molecule has 0 bridgehead atoms. The van der Waals surface area contributed by atoms with Gasteiger partial charge < -0.3 is 15.7 Å². The number of hydrogen-bond acceptors (Lipinski definition) is 3. The summed E-state index contributed by atoms with van der Waals surface area (Å²) in [6.45, 7) is 0.710. The fraction of sp³-hybridized carbons (Fsp3) is 0.909. The van der Waals surface area contributed by atoms with Crippen molar-refractivity contribution in [3.8, 4) is 0 Å². The first-order valence-corrected chi connectivity index (χ1v) is 5.96. The number of hydrogen-bond donors (Lipinski definition) is 3. The molecule has 2 aliphatic rings. The number of carbonyl (C=O) groups excluding carboxylic acids is 1. The lowest BCUT2D eigenvalue weighted by Crippen LogP contribution is -2.53. The highest BCUT2D eigenvalue weighted by Gasteiger charge is 2.26. The Morgan fingerprint density at radius 2 is 2.07 bits per heavy atom. The molecule has 0 aromatic rings. The summed E-state index contributed by atoms with van der Waals surface area (Å²) in [6.07, 6.45) is 5.63. The number of amides is 1. The Bertz CT molecular complexity index is 223. The third-order valence-electron chi connectivity index (χ3n) is 3.44. The van der Waals surface area contributed by atoms with E-state index in [4.69, 9.17) is 0 Å². The summed E-state index contributed by atoms with van der Waals surface area (Å²) in [5.41, 5.74) is 0. The first-order chi connectivity index (χ1) is 7.25. The van der Waals surface area contributed by atoms with Crippen LogP contribution in [0, 0.1) is 0 Å². The number of piperidine rings is 1. The maximum Gasteiger partial charge on any atom is 0.220 e. The number of carbonyl (C=O) groups is 1. The molecule has 1 aliphatic carbocycles. The molecule has 2 rings (SSSR count). The van der Waals surface area contributed by atoms with Gasteiger partial charge in [-0.15, -0.1) is 0 Å². The third-order valence-corrected chi connectivity index (χ3v) is 3.44. The highest BCUT2D eigenvalue weighted by atomic mass is 16.3. The molecule has 0 aromatic heterocycles. The molecule has 1 saturated heterocycles. The van der Waals surface area contributed by atoms with Crippen LogP contribution in [0.2, 0.25) is 0 Å². The lowest BCUT2D eigenvalue weighted by atomic mass is 9.91. The van der Waals surface area contributed by atoms with Crippen molar-refractivity contribution in [3.63, 3.8) is 0 Å². The largest absolute Gasteiger partial charge is 0.392 e. The van der Waals surface area contributed by atoms with E-state index in [1.807, 2.05) is 0 Å². The zero-order chi connectivity index (χ0) is 10.7. The van der Waals surface area contributed by atoms with Gasteiger partial charge in [0.1, 0.15) is 0 Å². The molecule has 1 saturated carbocycles. The highest BCUT2D eigenvalue weighted by molar-refractivity contribution is 5.76. The van der Waals surface area contributed by atoms with E-state index in [1.54, 1.807) is 0 Å². The zero-order valence-electron chi connectivity index (χ0n) is 9.04. The maximum absolute atomic E-state index is 11.0. The van der Waals surface area contributed by atoms with Gasteiger partial charge in [0.2, 0.25) is 5.91 Å². The molecule has 0 aromatic carbocycles. The van der Waals surface area contributed by atoms with Crippen LogP contribution in [0.4, 0.5) is 0 Å². The van der Waals surface area contributed by atoms with Gasteiger partial charge in [-0.05, 0) is 19.3 Å². The van der Waals surface area contributed by atoms with Gasteiger partial charge in [-0.3, -0.25) is 4.79 Å². The van der Waals surface area contributed by atoms with E-state index in [-0.39, 0.29) is 18.1 Å². The summed E-state index contributed by atoms with van der Waals surface area (Å²) in [7, 11) is 0. The minimum absolute atomic E-state index is 0.150. The predicted molar refractivity (Wildman–Crippen MR) is 57.4 cm³/mol. The van der Waals surface area contributed by atoms with Crippen molar-refractivity contribution in [1.82, 2.24) is 10.6 Å². The molecule has 0 radical (unpaired) electrons. The minimum Gasteiger partial charge on any atom is -0.392 e. The number of aliphatic hydroxyl groups excluding tert-OH is 1. The molecule has 86 valence electrons. The van der Waals surface area contributed by atoms with Gasteiger partial charge in [-0.2, -0.15) is 0 Å². The topological polar surface area (TPSA) is 61.4 Å². The predicted octanol–water partition coefficient (Wildman–Crippen LogP) is 0.158. The first kappa shape index (κ1) is 10.9. The van der Waals surface area contributed by atoms with Crippen LogP contribution in [0.25, 0.3) is 0 Å². The molecule has 1 unspecified atom stereocenters. The summed E-state index contributed by atoms with van der Waals surface area (Å²) < 4.78 is 0. The summed E-state index contributed by atoms with van der Waals surface area (Å²) in [5.74, 6) is 0.150. The lowest BCUT2D eigenvalue weighted by Gasteiger charge is -2.33. The van der Waals surface area contributed by atoms with Gasteiger partial charge >= 0.3 is 0 Å². The van der Waals surface area contributed by atoms with E-state index in [9.17, 15) is 9.90 Å². The summed E-state index contributed by atoms with van der Waals surface area (Å²) >= 11 is 0. The van der Waals surface area contributed by atoms with Crippen LogP contribution in [0.3, 0.4) is 0 Å². The van der Waals surface area contributed by atoms with Crippen molar-refractivity contribution in [2.75, 3.05) is 6.54 Å². The van der Waals surface area contributed by atoms with E-state index >= 15 is 0 Å². The van der Waals surface area contributed by atoms with E-state index in [0.717, 1.165) is 25.7 Å².